The molecule has 308 valence electrons. The summed E-state index contributed by atoms with van der Waals surface area (Å²) in [6.07, 6.45) is 0. The van der Waals surface area contributed by atoms with Crippen LogP contribution in [0.5, 0.6) is 0 Å². The Morgan fingerprint density at radius 1 is 0.333 bits per heavy atom. The standard InChI is InChI=1S/C60H36N4S2/c1-63-51-28-44-48-24-46(36-16-8-10-18-39(36)60(48)64(2)52(44)27-43(51)40-22-20-32-12-4-6-14-34(32)59(40)63)54-30-56-55(66-54)29-53(65-56)45-23-47-42-26-49-41(25-50(42)62-58(47)37-17-9-7-15-35(37)45)38-21-19-31-11-3-5-13-33(31)57(38)61-49/h3-30,61-62H,1-2H3. The molecular weight excluding hydrogens is 841 g/mol. The van der Waals surface area contributed by atoms with Gasteiger partial charge in [0.25, 0.3) is 0 Å². The molecule has 2 N–H and O–H groups in total. The minimum absolute atomic E-state index is 1.16. The summed E-state index contributed by atoms with van der Waals surface area (Å²) in [5, 5.41) is 20.4. The van der Waals surface area contributed by atoms with Crippen molar-refractivity contribution in [1.82, 2.24) is 19.1 Å². The van der Waals surface area contributed by atoms with E-state index in [-0.39, 0.29) is 0 Å². The molecule has 0 aliphatic heterocycles. The number of benzene rings is 10. The molecule has 0 unspecified atom stereocenters. The fourth-order valence-electron chi connectivity index (χ4n) is 11.9. The van der Waals surface area contributed by atoms with Crippen molar-refractivity contribution in [2.45, 2.75) is 0 Å². The average molecular weight is 877 g/mol. The highest BCUT2D eigenvalue weighted by atomic mass is 32.1. The number of nitrogens with one attached hydrogen (secondary N) is 2. The molecule has 0 aliphatic carbocycles. The van der Waals surface area contributed by atoms with Gasteiger partial charge in [-0.15, -0.1) is 22.7 Å². The second-order valence-electron chi connectivity index (χ2n) is 18.3. The van der Waals surface area contributed by atoms with Crippen LogP contribution in [0.15, 0.2) is 170 Å². The lowest BCUT2D eigenvalue weighted by molar-refractivity contribution is 1.01. The lowest BCUT2D eigenvalue weighted by Gasteiger charge is -2.09. The van der Waals surface area contributed by atoms with Crippen LogP contribution >= 0.6 is 22.7 Å². The molecule has 0 bridgehead atoms. The molecule has 66 heavy (non-hydrogen) atoms. The van der Waals surface area contributed by atoms with Gasteiger partial charge in [0, 0.05) is 131 Å². The number of H-pyrrole nitrogens is 2. The molecule has 0 radical (unpaired) electrons. The number of thiophene rings is 2. The maximum absolute atomic E-state index is 3.88. The first-order valence-electron chi connectivity index (χ1n) is 22.6. The molecule has 6 heterocycles. The molecule has 0 spiro atoms. The van der Waals surface area contributed by atoms with Crippen molar-refractivity contribution < 1.29 is 0 Å². The van der Waals surface area contributed by atoms with E-state index in [9.17, 15) is 0 Å². The van der Waals surface area contributed by atoms with Crippen LogP contribution in [0.3, 0.4) is 0 Å². The third kappa shape index (κ3) is 4.52. The molecule has 10 aromatic carbocycles. The smallest absolute Gasteiger partial charge is 0.0568 e. The van der Waals surface area contributed by atoms with E-state index >= 15 is 0 Å². The summed E-state index contributed by atoms with van der Waals surface area (Å²) in [5.74, 6) is 0. The van der Waals surface area contributed by atoms with Gasteiger partial charge in [-0.25, -0.2) is 0 Å². The third-order valence-electron chi connectivity index (χ3n) is 15.0. The molecule has 0 amide bonds. The molecule has 16 aromatic rings. The fourth-order valence-corrected chi connectivity index (χ4v) is 14.4. The zero-order valence-corrected chi connectivity index (χ0v) is 37.5. The fraction of sp³-hybridized carbons (Fsp3) is 0.0333. The highest BCUT2D eigenvalue weighted by molar-refractivity contribution is 7.31. The Morgan fingerprint density at radius 2 is 0.773 bits per heavy atom. The molecule has 0 saturated carbocycles. The Balaban J connectivity index is 0.869. The van der Waals surface area contributed by atoms with Gasteiger partial charge in [0.2, 0.25) is 0 Å². The highest BCUT2D eigenvalue weighted by Crippen LogP contribution is 2.49. The molecule has 16 rings (SSSR count). The van der Waals surface area contributed by atoms with Gasteiger partial charge in [-0.3, -0.25) is 0 Å². The summed E-state index contributed by atoms with van der Waals surface area (Å²) in [7, 11) is 4.47. The molecule has 0 saturated heterocycles. The second-order valence-corrected chi connectivity index (χ2v) is 20.5. The number of aromatic amines is 2. The van der Waals surface area contributed by atoms with Gasteiger partial charge in [-0.2, -0.15) is 0 Å². The SMILES string of the molecule is Cn1c2cc3c4cc(-c5cc6sc(-c7cc8c9cc%10[nH]c%11c%12ccccc%12ccc%11c%10cc9[nH]c8c8ccccc78)cc6s5)c5ccccc5c4n(C)c3cc2c2ccc3ccccc3c21. The molecule has 6 heteroatoms. The largest absolute Gasteiger partial charge is 0.354 e. The Bertz CT molecular complexity index is 4820. The zero-order valence-electron chi connectivity index (χ0n) is 35.9. The van der Waals surface area contributed by atoms with E-state index in [1.165, 1.54) is 155 Å². The van der Waals surface area contributed by atoms with Crippen LogP contribution in [-0.4, -0.2) is 19.1 Å². The average Bonchev–Trinajstić information content (AvgIpc) is 4.21. The minimum atomic E-state index is 1.16. The van der Waals surface area contributed by atoms with Crippen molar-refractivity contribution in [3.8, 4) is 20.9 Å². The third-order valence-corrected chi connectivity index (χ3v) is 17.3. The van der Waals surface area contributed by atoms with Crippen LogP contribution in [-0.2, 0) is 14.1 Å². The monoisotopic (exact) mass is 876 g/mol. The normalized spacial score (nSPS) is 12.7. The number of nitrogens with zero attached hydrogens (tertiary/aromatic N) is 2. The van der Waals surface area contributed by atoms with E-state index < -0.39 is 0 Å². The number of rotatable bonds is 2. The van der Waals surface area contributed by atoms with E-state index in [2.05, 4.69) is 203 Å². The lowest BCUT2D eigenvalue weighted by Crippen LogP contribution is -1.89. The lowest BCUT2D eigenvalue weighted by atomic mass is 9.98. The predicted molar refractivity (Wildman–Crippen MR) is 287 cm³/mol. The van der Waals surface area contributed by atoms with Crippen molar-refractivity contribution in [3.05, 3.63) is 170 Å². The maximum Gasteiger partial charge on any atom is 0.0568 e. The summed E-state index contributed by atoms with van der Waals surface area (Å²) in [5.41, 5.74) is 12.4. The summed E-state index contributed by atoms with van der Waals surface area (Å²) in [6, 6.07) is 63.8. The number of hydrogen-bond acceptors (Lipinski definition) is 2. The van der Waals surface area contributed by atoms with Gasteiger partial charge >= 0.3 is 0 Å². The van der Waals surface area contributed by atoms with Crippen LogP contribution < -0.4 is 0 Å². The molecule has 4 nitrogen and oxygen atoms in total. The Hall–Kier alpha value is -7.90. The summed E-state index contributed by atoms with van der Waals surface area (Å²) >= 11 is 3.83. The van der Waals surface area contributed by atoms with Crippen molar-refractivity contribution in [2.24, 2.45) is 14.1 Å². The topological polar surface area (TPSA) is 41.4 Å². The van der Waals surface area contributed by atoms with E-state index in [4.69, 9.17) is 0 Å². The number of hydrogen-bond donors (Lipinski definition) is 2. The Kier molecular flexibility index (Phi) is 6.69. The van der Waals surface area contributed by atoms with Crippen molar-refractivity contribution in [2.75, 3.05) is 0 Å². The molecular formula is C60H36N4S2. The maximum atomic E-state index is 3.88. The number of aryl methyl sites for hydroxylation is 2. The summed E-state index contributed by atoms with van der Waals surface area (Å²) in [6.45, 7) is 0. The van der Waals surface area contributed by atoms with Crippen LogP contribution in [0.25, 0.3) is 161 Å². The molecule has 0 aliphatic rings. The Morgan fingerprint density at radius 3 is 1.44 bits per heavy atom. The molecule has 0 atom stereocenters. The second kappa shape index (κ2) is 12.5. The van der Waals surface area contributed by atoms with Crippen LogP contribution in [0, 0.1) is 0 Å². The quantitative estimate of drug-likeness (QED) is 0.174. The summed E-state index contributed by atoms with van der Waals surface area (Å²) in [4.78, 5) is 10.3. The van der Waals surface area contributed by atoms with Crippen LogP contribution in [0.1, 0.15) is 0 Å². The van der Waals surface area contributed by atoms with E-state index in [0.717, 1.165) is 5.52 Å². The van der Waals surface area contributed by atoms with Crippen molar-refractivity contribution in [3.63, 3.8) is 0 Å². The molecule has 0 fully saturated rings. The van der Waals surface area contributed by atoms with Crippen molar-refractivity contribution >= 4 is 162 Å². The van der Waals surface area contributed by atoms with E-state index in [1.54, 1.807) is 0 Å². The number of aromatic nitrogens is 4. The minimum Gasteiger partial charge on any atom is -0.354 e. The van der Waals surface area contributed by atoms with Crippen LogP contribution in [0.4, 0.5) is 0 Å². The first-order valence-corrected chi connectivity index (χ1v) is 24.2. The van der Waals surface area contributed by atoms with E-state index in [0.29, 0.717) is 0 Å². The Labute approximate surface area is 384 Å². The van der Waals surface area contributed by atoms with Crippen LogP contribution in [0.2, 0.25) is 0 Å². The van der Waals surface area contributed by atoms with Gasteiger partial charge in [-0.05, 0) is 70.1 Å². The summed E-state index contributed by atoms with van der Waals surface area (Å²) < 4.78 is 7.48. The van der Waals surface area contributed by atoms with Gasteiger partial charge < -0.3 is 19.1 Å². The predicted octanol–water partition coefficient (Wildman–Crippen LogP) is 17.5. The first-order chi connectivity index (χ1) is 32.5. The van der Waals surface area contributed by atoms with Gasteiger partial charge in [-0.1, -0.05) is 121 Å². The zero-order chi connectivity index (χ0) is 43.1. The number of fused-ring (bicyclic) bond motifs is 21. The van der Waals surface area contributed by atoms with E-state index in [1.807, 2.05) is 22.7 Å². The molecule has 6 aromatic heterocycles. The van der Waals surface area contributed by atoms with Gasteiger partial charge in [0.15, 0.2) is 0 Å². The first kappa shape index (κ1) is 35.4. The van der Waals surface area contributed by atoms with Crippen molar-refractivity contribution in [1.29, 1.82) is 0 Å². The highest BCUT2D eigenvalue weighted by Gasteiger charge is 2.22. The van der Waals surface area contributed by atoms with Gasteiger partial charge in [0.1, 0.15) is 0 Å². The van der Waals surface area contributed by atoms with Gasteiger partial charge in [0.05, 0.1) is 22.1 Å².